The molecular formula is C28H31N. The fourth-order valence-corrected chi connectivity index (χ4v) is 4.25. The zero-order valence-electron chi connectivity index (χ0n) is 17.5. The largest absolute Gasteiger partial charge is 0.341 e. The van der Waals surface area contributed by atoms with Crippen LogP contribution in [0.25, 0.3) is 12.2 Å². The van der Waals surface area contributed by atoms with Crippen molar-refractivity contribution in [2.75, 3.05) is 11.4 Å². The summed E-state index contributed by atoms with van der Waals surface area (Å²) in [6.07, 6.45) is 11.8. The van der Waals surface area contributed by atoms with Crippen molar-refractivity contribution in [2.45, 2.75) is 45.4 Å². The standard InChI is InChI=1S/C28H31N/c1-2-3-4-10-21-29-27-14-9-8-13-25(27)18-19-26-22-24(17-20-28(26)29)16-15-23-11-6-5-7-12-23/h5-9,11-17,20,22H,2-4,10,18-19,21H2,1H3/b16-15+. The monoisotopic (exact) mass is 381 g/mol. The number of aryl methyl sites for hydroxylation is 2. The molecule has 0 radical (unpaired) electrons. The average molecular weight is 382 g/mol. The van der Waals surface area contributed by atoms with Crippen LogP contribution in [0, 0.1) is 0 Å². The first-order valence-corrected chi connectivity index (χ1v) is 11.1. The fourth-order valence-electron chi connectivity index (χ4n) is 4.25. The Morgan fingerprint density at radius 3 is 2.28 bits per heavy atom. The van der Waals surface area contributed by atoms with E-state index in [9.17, 15) is 0 Å². The molecule has 3 aromatic carbocycles. The molecular weight excluding hydrogens is 350 g/mol. The molecule has 1 heteroatoms. The molecule has 1 aliphatic rings. The van der Waals surface area contributed by atoms with Crippen molar-refractivity contribution in [3.05, 3.63) is 95.1 Å². The predicted molar refractivity (Wildman–Crippen MR) is 127 cm³/mol. The Kier molecular flexibility index (Phi) is 6.46. The molecule has 0 N–H and O–H groups in total. The number of fused-ring (bicyclic) bond motifs is 2. The zero-order valence-corrected chi connectivity index (χ0v) is 17.5. The van der Waals surface area contributed by atoms with Crippen LogP contribution < -0.4 is 4.90 Å². The second-order valence-corrected chi connectivity index (χ2v) is 7.97. The predicted octanol–water partition coefficient (Wildman–Crippen LogP) is 7.67. The summed E-state index contributed by atoms with van der Waals surface area (Å²) in [6, 6.07) is 26.5. The Morgan fingerprint density at radius 2 is 1.41 bits per heavy atom. The summed E-state index contributed by atoms with van der Waals surface area (Å²) in [5.74, 6) is 0. The van der Waals surface area contributed by atoms with Gasteiger partial charge < -0.3 is 4.90 Å². The third-order valence-electron chi connectivity index (χ3n) is 5.84. The van der Waals surface area contributed by atoms with Crippen molar-refractivity contribution < 1.29 is 0 Å². The Hall–Kier alpha value is -2.80. The van der Waals surface area contributed by atoms with Gasteiger partial charge in [-0.2, -0.15) is 0 Å². The lowest BCUT2D eigenvalue weighted by atomic mass is 10.0. The highest BCUT2D eigenvalue weighted by Crippen LogP contribution is 2.37. The zero-order chi connectivity index (χ0) is 19.9. The number of nitrogens with zero attached hydrogens (tertiary/aromatic N) is 1. The molecule has 0 saturated heterocycles. The van der Waals surface area contributed by atoms with Gasteiger partial charge in [0.25, 0.3) is 0 Å². The van der Waals surface area contributed by atoms with Gasteiger partial charge in [0.05, 0.1) is 0 Å². The summed E-state index contributed by atoms with van der Waals surface area (Å²) in [6.45, 7) is 3.38. The molecule has 0 fully saturated rings. The third kappa shape index (κ3) is 4.79. The summed E-state index contributed by atoms with van der Waals surface area (Å²) in [5.41, 5.74) is 8.25. The molecule has 0 amide bonds. The minimum Gasteiger partial charge on any atom is -0.341 e. The van der Waals surface area contributed by atoms with Crippen molar-refractivity contribution in [3.8, 4) is 0 Å². The molecule has 0 aliphatic carbocycles. The van der Waals surface area contributed by atoms with Gasteiger partial charge in [-0.25, -0.2) is 0 Å². The van der Waals surface area contributed by atoms with E-state index in [0.29, 0.717) is 0 Å². The van der Waals surface area contributed by atoms with Crippen LogP contribution >= 0.6 is 0 Å². The Balaban J connectivity index is 1.62. The molecule has 29 heavy (non-hydrogen) atoms. The summed E-state index contributed by atoms with van der Waals surface area (Å²) in [4.78, 5) is 2.57. The summed E-state index contributed by atoms with van der Waals surface area (Å²) in [5, 5.41) is 0. The summed E-state index contributed by atoms with van der Waals surface area (Å²) < 4.78 is 0. The van der Waals surface area contributed by atoms with Crippen molar-refractivity contribution in [1.82, 2.24) is 0 Å². The maximum absolute atomic E-state index is 2.57. The lowest BCUT2D eigenvalue weighted by Crippen LogP contribution is -2.19. The Bertz CT molecular complexity index is 955. The van der Waals surface area contributed by atoms with E-state index in [-0.39, 0.29) is 0 Å². The highest BCUT2D eigenvalue weighted by molar-refractivity contribution is 5.75. The van der Waals surface area contributed by atoms with Gasteiger partial charge in [0.2, 0.25) is 0 Å². The highest BCUT2D eigenvalue weighted by atomic mass is 15.1. The SMILES string of the molecule is CCCCCCN1c2ccccc2CCc2cc(/C=C/c3ccccc3)ccc21. The van der Waals surface area contributed by atoms with Crippen LogP contribution in [-0.2, 0) is 12.8 Å². The number of hydrogen-bond donors (Lipinski definition) is 0. The molecule has 0 unspecified atom stereocenters. The molecule has 0 spiro atoms. The second-order valence-electron chi connectivity index (χ2n) is 7.97. The number of unbranched alkanes of at least 4 members (excludes halogenated alkanes) is 3. The van der Waals surface area contributed by atoms with Gasteiger partial charge in [0.1, 0.15) is 0 Å². The van der Waals surface area contributed by atoms with Crippen LogP contribution in [0.4, 0.5) is 11.4 Å². The van der Waals surface area contributed by atoms with Crippen LogP contribution in [-0.4, -0.2) is 6.54 Å². The van der Waals surface area contributed by atoms with Crippen molar-refractivity contribution in [3.63, 3.8) is 0 Å². The van der Waals surface area contributed by atoms with E-state index < -0.39 is 0 Å². The molecule has 0 bridgehead atoms. The van der Waals surface area contributed by atoms with Gasteiger partial charge in [-0.1, -0.05) is 92.9 Å². The molecule has 1 nitrogen and oxygen atoms in total. The van der Waals surface area contributed by atoms with Gasteiger partial charge in [-0.15, -0.1) is 0 Å². The van der Waals surface area contributed by atoms with E-state index in [2.05, 4.69) is 96.8 Å². The number of benzene rings is 3. The molecule has 0 saturated carbocycles. The first-order valence-electron chi connectivity index (χ1n) is 11.1. The molecule has 1 heterocycles. The third-order valence-corrected chi connectivity index (χ3v) is 5.84. The van der Waals surface area contributed by atoms with Gasteiger partial charge in [-0.3, -0.25) is 0 Å². The smallest absolute Gasteiger partial charge is 0.0443 e. The lowest BCUT2D eigenvalue weighted by molar-refractivity contribution is 0.668. The van der Waals surface area contributed by atoms with Crippen molar-refractivity contribution in [1.29, 1.82) is 0 Å². The van der Waals surface area contributed by atoms with Gasteiger partial charge in [0.15, 0.2) is 0 Å². The van der Waals surface area contributed by atoms with Crippen molar-refractivity contribution >= 4 is 23.5 Å². The molecule has 1 aliphatic heterocycles. The molecule has 148 valence electrons. The van der Waals surface area contributed by atoms with Crippen LogP contribution in [0.5, 0.6) is 0 Å². The van der Waals surface area contributed by atoms with Crippen LogP contribution in [0.2, 0.25) is 0 Å². The number of para-hydroxylation sites is 1. The maximum Gasteiger partial charge on any atom is 0.0443 e. The molecule has 3 aromatic rings. The normalized spacial score (nSPS) is 13.2. The average Bonchev–Trinajstić information content (AvgIpc) is 2.93. The minimum atomic E-state index is 1.10. The number of anilines is 2. The highest BCUT2D eigenvalue weighted by Gasteiger charge is 2.20. The summed E-state index contributed by atoms with van der Waals surface area (Å²) in [7, 11) is 0. The number of hydrogen-bond acceptors (Lipinski definition) is 1. The van der Waals surface area contributed by atoms with E-state index in [1.54, 1.807) is 0 Å². The minimum absolute atomic E-state index is 1.10. The van der Waals surface area contributed by atoms with Crippen molar-refractivity contribution in [2.24, 2.45) is 0 Å². The van der Waals surface area contributed by atoms with E-state index >= 15 is 0 Å². The maximum atomic E-state index is 2.57. The number of rotatable bonds is 7. The molecule has 0 atom stereocenters. The molecule has 0 aromatic heterocycles. The second kappa shape index (κ2) is 9.60. The van der Waals surface area contributed by atoms with Crippen LogP contribution in [0.1, 0.15) is 54.9 Å². The van der Waals surface area contributed by atoms with E-state index in [1.807, 2.05) is 0 Å². The first kappa shape index (κ1) is 19.5. The van der Waals surface area contributed by atoms with Crippen LogP contribution in [0.15, 0.2) is 72.8 Å². The van der Waals surface area contributed by atoms with Gasteiger partial charge in [0, 0.05) is 17.9 Å². The van der Waals surface area contributed by atoms with Gasteiger partial charge in [-0.05, 0) is 59.7 Å². The van der Waals surface area contributed by atoms with E-state index in [4.69, 9.17) is 0 Å². The summed E-state index contributed by atoms with van der Waals surface area (Å²) >= 11 is 0. The topological polar surface area (TPSA) is 3.24 Å². The van der Waals surface area contributed by atoms with Crippen LogP contribution in [0.3, 0.4) is 0 Å². The van der Waals surface area contributed by atoms with Gasteiger partial charge >= 0.3 is 0 Å². The molecule has 4 rings (SSSR count). The Labute approximate surface area is 175 Å². The van der Waals surface area contributed by atoms with E-state index in [0.717, 1.165) is 19.4 Å². The van der Waals surface area contributed by atoms with E-state index in [1.165, 1.54) is 59.3 Å². The first-order chi connectivity index (χ1) is 14.3. The Morgan fingerprint density at radius 1 is 0.690 bits per heavy atom. The quantitative estimate of drug-likeness (QED) is 0.300. The fraction of sp³-hybridized carbons (Fsp3) is 0.286. The lowest BCUT2D eigenvalue weighted by Gasteiger charge is -2.27.